The molecular weight excluding hydrogens is 227 g/mol. The lowest BCUT2D eigenvalue weighted by Gasteiger charge is -2.08. The first-order chi connectivity index (χ1) is 7.29. The van der Waals surface area contributed by atoms with E-state index in [4.69, 9.17) is 5.73 Å². The molecule has 0 aliphatic carbocycles. The predicted molar refractivity (Wildman–Crippen MR) is 46.8 cm³/mol. The molecule has 1 heterocycles. The van der Waals surface area contributed by atoms with Crippen molar-refractivity contribution >= 4 is 5.91 Å². The molecule has 0 radical (unpaired) electrons. The average molecular weight is 235 g/mol. The van der Waals surface area contributed by atoms with Gasteiger partial charge in [0.15, 0.2) is 6.61 Å². The Bertz CT molecular complexity index is 406. The van der Waals surface area contributed by atoms with Crippen LogP contribution < -0.4 is 10.5 Å². The van der Waals surface area contributed by atoms with Crippen LogP contribution in [0.1, 0.15) is 16.2 Å². The second-order valence-electron chi connectivity index (χ2n) is 2.91. The zero-order valence-electron chi connectivity index (χ0n) is 8.21. The highest BCUT2D eigenvalue weighted by Crippen LogP contribution is 2.17. The number of amides is 1. The van der Waals surface area contributed by atoms with E-state index in [0.717, 1.165) is 6.20 Å². The lowest BCUT2D eigenvalue weighted by Crippen LogP contribution is -2.21. The van der Waals surface area contributed by atoms with Crippen molar-refractivity contribution in [2.75, 3.05) is 6.61 Å². The van der Waals surface area contributed by atoms with Gasteiger partial charge in [0, 0.05) is 0 Å². The van der Waals surface area contributed by atoms with Crippen LogP contribution in [0.15, 0.2) is 6.20 Å². The molecule has 16 heavy (non-hydrogen) atoms. The molecule has 0 aromatic carbocycles. The van der Waals surface area contributed by atoms with Crippen molar-refractivity contribution in [2.45, 2.75) is 13.1 Å². The molecule has 2 N–H and O–H groups in total. The number of rotatable bonds is 3. The lowest BCUT2D eigenvalue weighted by atomic mass is 10.3. The topological polar surface area (TPSA) is 78.1 Å². The summed E-state index contributed by atoms with van der Waals surface area (Å²) < 4.78 is 39.7. The monoisotopic (exact) mass is 235 g/mol. The molecular formula is C8H8F3N3O2. The number of nitrogens with zero attached hydrogens (tertiary/aromatic N) is 2. The summed E-state index contributed by atoms with van der Waals surface area (Å²) in [6, 6.07) is 0. The second kappa shape index (κ2) is 4.33. The van der Waals surface area contributed by atoms with Gasteiger partial charge in [-0.1, -0.05) is 0 Å². The van der Waals surface area contributed by atoms with Crippen molar-refractivity contribution in [3.05, 3.63) is 17.6 Å². The molecule has 0 bridgehead atoms. The third kappa shape index (κ3) is 3.37. The number of halogens is 3. The Kier molecular flexibility index (Phi) is 3.31. The maximum Gasteiger partial charge on any atom is 0.422 e. The van der Waals surface area contributed by atoms with Gasteiger partial charge in [-0.2, -0.15) is 13.2 Å². The first-order valence-electron chi connectivity index (χ1n) is 4.12. The second-order valence-corrected chi connectivity index (χ2v) is 2.91. The van der Waals surface area contributed by atoms with Gasteiger partial charge in [-0.3, -0.25) is 4.79 Å². The summed E-state index contributed by atoms with van der Waals surface area (Å²) in [4.78, 5) is 17.9. The summed E-state index contributed by atoms with van der Waals surface area (Å²) in [5.74, 6) is -1.10. The third-order valence-corrected chi connectivity index (χ3v) is 1.54. The molecule has 0 saturated carbocycles. The van der Waals surface area contributed by atoms with Gasteiger partial charge in [0.1, 0.15) is 5.69 Å². The number of carbonyl (C=O) groups is 1. The molecule has 0 atom stereocenters. The maximum absolute atomic E-state index is 11.8. The predicted octanol–water partition coefficient (Wildman–Crippen LogP) is 0.825. The maximum atomic E-state index is 11.8. The number of ether oxygens (including phenoxy) is 1. The molecule has 1 rings (SSSR count). The fraction of sp³-hybridized carbons (Fsp3) is 0.375. The summed E-state index contributed by atoms with van der Waals surface area (Å²) in [6.07, 6.45) is -3.53. The molecule has 0 aliphatic heterocycles. The van der Waals surface area contributed by atoms with E-state index in [-0.39, 0.29) is 17.3 Å². The quantitative estimate of drug-likeness (QED) is 0.841. The van der Waals surface area contributed by atoms with Crippen LogP contribution in [-0.2, 0) is 0 Å². The van der Waals surface area contributed by atoms with Gasteiger partial charge in [-0.25, -0.2) is 9.97 Å². The Labute approximate surface area is 88.4 Å². The summed E-state index contributed by atoms with van der Waals surface area (Å²) in [6.45, 7) is -0.0649. The van der Waals surface area contributed by atoms with Crippen LogP contribution in [0.2, 0.25) is 0 Å². The zero-order valence-corrected chi connectivity index (χ0v) is 8.21. The van der Waals surface area contributed by atoms with Crippen LogP contribution in [0.4, 0.5) is 13.2 Å². The number of alkyl halides is 3. The lowest BCUT2D eigenvalue weighted by molar-refractivity contribution is -0.154. The zero-order chi connectivity index (χ0) is 12.3. The molecule has 1 aromatic rings. The van der Waals surface area contributed by atoms with E-state index in [0.29, 0.717) is 0 Å². The number of aryl methyl sites for hydroxylation is 1. The largest absolute Gasteiger partial charge is 0.467 e. The van der Waals surface area contributed by atoms with E-state index >= 15 is 0 Å². The number of carbonyl (C=O) groups excluding carboxylic acids is 1. The van der Waals surface area contributed by atoms with Gasteiger partial charge in [0.05, 0.1) is 11.9 Å². The SMILES string of the molecule is Cc1nc(OCC(F)(F)F)cnc1C(N)=O. The fourth-order valence-electron chi connectivity index (χ4n) is 0.928. The Balaban J connectivity index is 2.78. The van der Waals surface area contributed by atoms with Crippen molar-refractivity contribution in [3.8, 4) is 5.88 Å². The molecule has 0 aliphatic rings. The normalized spacial score (nSPS) is 11.2. The summed E-state index contributed by atoms with van der Waals surface area (Å²) in [5, 5.41) is 0. The minimum atomic E-state index is -4.45. The molecule has 0 spiro atoms. The highest BCUT2D eigenvalue weighted by molar-refractivity contribution is 5.91. The van der Waals surface area contributed by atoms with Crippen molar-refractivity contribution in [1.82, 2.24) is 9.97 Å². The molecule has 88 valence electrons. The highest BCUT2D eigenvalue weighted by Gasteiger charge is 2.28. The van der Waals surface area contributed by atoms with Crippen LogP contribution >= 0.6 is 0 Å². The molecule has 0 fully saturated rings. The number of aromatic nitrogens is 2. The van der Waals surface area contributed by atoms with Crippen molar-refractivity contribution in [1.29, 1.82) is 0 Å². The van der Waals surface area contributed by atoms with E-state index in [2.05, 4.69) is 14.7 Å². The Hall–Kier alpha value is -1.86. The van der Waals surface area contributed by atoms with Crippen LogP contribution in [0.5, 0.6) is 5.88 Å². The van der Waals surface area contributed by atoms with E-state index in [1.807, 2.05) is 0 Å². The fourth-order valence-corrected chi connectivity index (χ4v) is 0.928. The van der Waals surface area contributed by atoms with Gasteiger partial charge in [0.2, 0.25) is 5.88 Å². The third-order valence-electron chi connectivity index (χ3n) is 1.54. The van der Waals surface area contributed by atoms with E-state index < -0.39 is 18.7 Å². The summed E-state index contributed by atoms with van der Waals surface area (Å²) in [5.41, 5.74) is 4.97. The smallest absolute Gasteiger partial charge is 0.422 e. The molecule has 1 aromatic heterocycles. The van der Waals surface area contributed by atoms with Crippen LogP contribution in [0.3, 0.4) is 0 Å². The first kappa shape index (κ1) is 12.2. The molecule has 1 amide bonds. The van der Waals surface area contributed by atoms with Crippen LogP contribution in [0, 0.1) is 6.92 Å². The highest BCUT2D eigenvalue weighted by atomic mass is 19.4. The molecule has 5 nitrogen and oxygen atoms in total. The van der Waals surface area contributed by atoms with Gasteiger partial charge in [0.25, 0.3) is 5.91 Å². The minimum Gasteiger partial charge on any atom is -0.467 e. The van der Waals surface area contributed by atoms with Crippen molar-refractivity contribution in [3.63, 3.8) is 0 Å². The first-order valence-corrected chi connectivity index (χ1v) is 4.12. The summed E-state index contributed by atoms with van der Waals surface area (Å²) in [7, 11) is 0. The van der Waals surface area contributed by atoms with Gasteiger partial charge < -0.3 is 10.5 Å². The molecule has 8 heteroatoms. The minimum absolute atomic E-state index is 0.0978. The van der Waals surface area contributed by atoms with Crippen LogP contribution in [-0.4, -0.2) is 28.7 Å². The number of hydrogen-bond donors (Lipinski definition) is 1. The van der Waals surface area contributed by atoms with E-state index in [1.165, 1.54) is 6.92 Å². The van der Waals surface area contributed by atoms with E-state index in [1.54, 1.807) is 0 Å². The number of primary amides is 1. The summed E-state index contributed by atoms with van der Waals surface area (Å²) >= 11 is 0. The average Bonchev–Trinajstić information content (AvgIpc) is 2.13. The Morgan fingerprint density at radius 3 is 2.62 bits per heavy atom. The Morgan fingerprint density at radius 2 is 2.19 bits per heavy atom. The molecule has 0 saturated heterocycles. The molecule has 0 unspecified atom stereocenters. The van der Waals surface area contributed by atoms with Gasteiger partial charge in [-0.15, -0.1) is 0 Å². The van der Waals surface area contributed by atoms with Crippen LogP contribution in [0.25, 0.3) is 0 Å². The number of nitrogens with two attached hydrogens (primary N) is 1. The van der Waals surface area contributed by atoms with E-state index in [9.17, 15) is 18.0 Å². The van der Waals surface area contributed by atoms with Crippen molar-refractivity contribution < 1.29 is 22.7 Å². The van der Waals surface area contributed by atoms with Gasteiger partial charge in [-0.05, 0) is 6.92 Å². The number of hydrogen-bond acceptors (Lipinski definition) is 4. The van der Waals surface area contributed by atoms with Gasteiger partial charge >= 0.3 is 6.18 Å². The standard InChI is InChI=1S/C8H8F3N3O2/c1-4-6(7(12)15)13-2-5(14-4)16-3-8(9,10)11/h2H,3H2,1H3,(H2,12,15). The van der Waals surface area contributed by atoms with Crippen molar-refractivity contribution in [2.24, 2.45) is 5.73 Å². The Morgan fingerprint density at radius 1 is 1.56 bits per heavy atom.